The van der Waals surface area contributed by atoms with E-state index in [9.17, 15) is 0 Å². The van der Waals surface area contributed by atoms with E-state index < -0.39 is 0 Å². The zero-order valence-corrected chi connectivity index (χ0v) is 9.74. The zero-order chi connectivity index (χ0) is 11.8. The maximum absolute atomic E-state index is 3.32. The number of nitrogens with zero attached hydrogens (tertiary/aromatic N) is 2. The number of allylic oxidation sites excluding steroid dienone is 8. The van der Waals surface area contributed by atoms with Crippen molar-refractivity contribution in [3.05, 3.63) is 73.2 Å². The first kappa shape index (κ1) is 11.5. The fourth-order valence-corrected chi connectivity index (χ4v) is 1.50. The highest BCUT2D eigenvalue weighted by molar-refractivity contribution is 5.15. The molecule has 0 saturated carbocycles. The molecule has 17 heavy (non-hydrogen) atoms. The lowest BCUT2D eigenvalue weighted by molar-refractivity contribution is 0.124. The highest BCUT2D eigenvalue weighted by Crippen LogP contribution is 1.97. The second-order valence-corrected chi connectivity index (χ2v) is 3.71. The van der Waals surface area contributed by atoms with Gasteiger partial charge in [-0.15, -0.1) is 5.53 Å². The van der Waals surface area contributed by atoms with E-state index in [0.29, 0.717) is 0 Å². The molecule has 0 spiro atoms. The largest absolute Gasteiger partial charge is 0.294 e. The van der Waals surface area contributed by atoms with Crippen LogP contribution in [-0.2, 0) is 0 Å². The third-order valence-corrected chi connectivity index (χ3v) is 2.33. The molecule has 0 aromatic carbocycles. The van der Waals surface area contributed by atoms with Crippen molar-refractivity contribution in [1.29, 1.82) is 0 Å². The van der Waals surface area contributed by atoms with Crippen molar-refractivity contribution in [3.63, 3.8) is 0 Å². The molecule has 0 aromatic heterocycles. The van der Waals surface area contributed by atoms with Gasteiger partial charge in [-0.05, 0) is 12.2 Å². The molecule has 0 radical (unpaired) electrons. The molecule has 1 N–H and O–H groups in total. The van der Waals surface area contributed by atoms with Gasteiger partial charge in [0.2, 0.25) is 0 Å². The van der Waals surface area contributed by atoms with E-state index in [-0.39, 0.29) is 0 Å². The average molecular weight is 227 g/mol. The van der Waals surface area contributed by atoms with Crippen molar-refractivity contribution >= 4 is 0 Å². The lowest BCUT2D eigenvalue weighted by Gasteiger charge is -2.28. The molecule has 0 unspecified atom stereocenters. The molecule has 0 fully saturated rings. The smallest absolute Gasteiger partial charge is 0.0539 e. The van der Waals surface area contributed by atoms with Gasteiger partial charge in [0.1, 0.15) is 0 Å². The molecule has 0 amide bonds. The number of hydrogen-bond acceptors (Lipinski definition) is 3. The Bertz CT molecular complexity index is 362. The number of hydrazine groups is 2. The Labute approximate surface area is 102 Å². The van der Waals surface area contributed by atoms with Crippen molar-refractivity contribution in [3.8, 4) is 0 Å². The van der Waals surface area contributed by atoms with Crippen molar-refractivity contribution < 1.29 is 0 Å². The quantitative estimate of drug-likeness (QED) is 0.781. The highest BCUT2D eigenvalue weighted by atomic mass is 15.7. The molecule has 0 aromatic rings. The summed E-state index contributed by atoms with van der Waals surface area (Å²) in [5, 5.41) is 4.06. The monoisotopic (exact) mass is 227 g/mol. The molecule has 88 valence electrons. The standard InChI is InChI=1S/C14H17N3/c1-3-7-11-16(12-8-4-1)15-17-13-9-5-2-6-10-14-17/h1-11,13,15H,12,14H2/b3-1-,5-2-,8-4-,10-6-,11-7-,13-9-. The maximum Gasteiger partial charge on any atom is 0.0539 e. The van der Waals surface area contributed by atoms with Gasteiger partial charge in [0.15, 0.2) is 0 Å². The Balaban J connectivity index is 1.95. The van der Waals surface area contributed by atoms with E-state index in [1.165, 1.54) is 0 Å². The molecule has 2 rings (SSSR count). The summed E-state index contributed by atoms with van der Waals surface area (Å²) in [6.45, 7) is 1.68. The van der Waals surface area contributed by atoms with Crippen LogP contribution in [0, 0.1) is 0 Å². The molecule has 2 aliphatic rings. The lowest BCUT2D eigenvalue weighted by Crippen LogP contribution is -2.44. The molecule has 2 heterocycles. The normalized spacial score (nSPS) is 30.4. The van der Waals surface area contributed by atoms with Crippen LogP contribution >= 0.6 is 0 Å². The minimum Gasteiger partial charge on any atom is -0.294 e. The molecule has 0 saturated heterocycles. The first-order chi connectivity index (χ1) is 8.45. The molecular weight excluding hydrogens is 210 g/mol. The van der Waals surface area contributed by atoms with Gasteiger partial charge < -0.3 is 0 Å². The van der Waals surface area contributed by atoms with E-state index in [1.807, 2.05) is 71.0 Å². The summed E-state index contributed by atoms with van der Waals surface area (Å²) in [4.78, 5) is 0. The van der Waals surface area contributed by atoms with Crippen LogP contribution < -0.4 is 5.53 Å². The molecule has 3 nitrogen and oxygen atoms in total. The summed E-state index contributed by atoms with van der Waals surface area (Å²) in [6.07, 6.45) is 24.4. The van der Waals surface area contributed by atoms with E-state index in [4.69, 9.17) is 0 Å². The van der Waals surface area contributed by atoms with Gasteiger partial charge in [-0.25, -0.2) is 0 Å². The predicted octanol–water partition coefficient (Wildman–Crippen LogP) is 2.29. The third kappa shape index (κ3) is 4.17. The first-order valence-electron chi connectivity index (χ1n) is 5.75. The van der Waals surface area contributed by atoms with Crippen LogP contribution in [0.3, 0.4) is 0 Å². The Morgan fingerprint density at radius 1 is 0.588 bits per heavy atom. The zero-order valence-electron chi connectivity index (χ0n) is 9.74. The van der Waals surface area contributed by atoms with Gasteiger partial charge in [-0.3, -0.25) is 10.0 Å². The Kier molecular flexibility index (Phi) is 4.43. The Morgan fingerprint density at radius 2 is 1.06 bits per heavy atom. The van der Waals surface area contributed by atoms with Gasteiger partial charge in [0, 0.05) is 12.4 Å². The molecule has 0 aliphatic carbocycles. The fraction of sp³-hybridized carbons (Fsp3) is 0.143. The summed E-state index contributed by atoms with van der Waals surface area (Å²) in [5.74, 6) is 0. The average Bonchev–Trinajstić information content (AvgIpc) is 2.24. The van der Waals surface area contributed by atoms with Crippen LogP contribution in [-0.4, -0.2) is 23.1 Å². The van der Waals surface area contributed by atoms with Crippen LogP contribution in [0.2, 0.25) is 0 Å². The predicted molar refractivity (Wildman–Crippen MR) is 71.4 cm³/mol. The van der Waals surface area contributed by atoms with Gasteiger partial charge in [-0.1, -0.05) is 48.6 Å². The third-order valence-electron chi connectivity index (χ3n) is 2.33. The highest BCUT2D eigenvalue weighted by Gasteiger charge is 2.01. The molecule has 0 atom stereocenters. The maximum atomic E-state index is 3.32. The van der Waals surface area contributed by atoms with Crippen LogP contribution in [0.15, 0.2) is 73.2 Å². The minimum absolute atomic E-state index is 0.838. The second-order valence-electron chi connectivity index (χ2n) is 3.71. The number of hydrogen-bond donors (Lipinski definition) is 1. The van der Waals surface area contributed by atoms with Gasteiger partial charge in [0.25, 0.3) is 0 Å². The van der Waals surface area contributed by atoms with Crippen LogP contribution in [0.25, 0.3) is 0 Å². The lowest BCUT2D eigenvalue weighted by atomic mass is 10.4. The van der Waals surface area contributed by atoms with Crippen molar-refractivity contribution in [2.75, 3.05) is 13.1 Å². The number of nitrogens with one attached hydrogen (secondary N) is 1. The SMILES string of the molecule is C1=C\C=C/N(NN2\C=C/C=C\C=C/C2)C\C=C/1. The van der Waals surface area contributed by atoms with Gasteiger partial charge in [0.05, 0.1) is 13.1 Å². The van der Waals surface area contributed by atoms with E-state index in [2.05, 4.69) is 17.7 Å². The minimum atomic E-state index is 0.838. The molecule has 2 aliphatic heterocycles. The van der Waals surface area contributed by atoms with Crippen molar-refractivity contribution in [2.24, 2.45) is 0 Å². The summed E-state index contributed by atoms with van der Waals surface area (Å²) < 4.78 is 0. The summed E-state index contributed by atoms with van der Waals surface area (Å²) >= 11 is 0. The summed E-state index contributed by atoms with van der Waals surface area (Å²) in [7, 11) is 0. The molecular formula is C14H17N3. The van der Waals surface area contributed by atoms with E-state index >= 15 is 0 Å². The van der Waals surface area contributed by atoms with Crippen LogP contribution in [0.5, 0.6) is 0 Å². The number of rotatable bonds is 2. The van der Waals surface area contributed by atoms with Crippen molar-refractivity contribution in [2.45, 2.75) is 0 Å². The van der Waals surface area contributed by atoms with E-state index in [0.717, 1.165) is 13.1 Å². The van der Waals surface area contributed by atoms with Crippen LogP contribution in [0.1, 0.15) is 0 Å². The first-order valence-corrected chi connectivity index (χ1v) is 5.75. The Morgan fingerprint density at radius 3 is 1.59 bits per heavy atom. The fourth-order valence-electron chi connectivity index (χ4n) is 1.50. The second kappa shape index (κ2) is 6.55. The van der Waals surface area contributed by atoms with Crippen LogP contribution in [0.4, 0.5) is 0 Å². The topological polar surface area (TPSA) is 18.5 Å². The summed E-state index contributed by atoms with van der Waals surface area (Å²) in [6, 6.07) is 0. The Hall–Kier alpha value is -2.00. The summed E-state index contributed by atoms with van der Waals surface area (Å²) in [5.41, 5.74) is 3.32. The van der Waals surface area contributed by atoms with Gasteiger partial charge in [-0.2, -0.15) is 0 Å². The van der Waals surface area contributed by atoms with Gasteiger partial charge >= 0.3 is 0 Å². The molecule has 3 heteroatoms. The molecule has 0 bridgehead atoms. The van der Waals surface area contributed by atoms with E-state index in [1.54, 1.807) is 0 Å². The van der Waals surface area contributed by atoms with Crippen molar-refractivity contribution in [1.82, 2.24) is 15.6 Å².